The lowest BCUT2D eigenvalue weighted by molar-refractivity contribution is -0.109. The Morgan fingerprint density at radius 3 is 2.47 bits per heavy atom. The highest BCUT2D eigenvalue weighted by Crippen LogP contribution is 2.62. The van der Waals surface area contributed by atoms with E-state index >= 15 is 0 Å². The molecule has 1 nitrogen and oxygen atoms in total. The van der Waals surface area contributed by atoms with Crippen molar-refractivity contribution in [2.24, 2.45) is 23.2 Å². The summed E-state index contributed by atoms with van der Waals surface area (Å²) in [7, 11) is 0. The molecule has 2 bridgehead atoms. The lowest BCUT2D eigenvalue weighted by Crippen LogP contribution is -2.52. The molecule has 4 rings (SSSR count). The molecule has 4 aliphatic carbocycles. The second-order valence-electron chi connectivity index (χ2n) is 6.96. The van der Waals surface area contributed by atoms with Gasteiger partial charge in [0.05, 0.1) is 5.60 Å². The molecule has 0 saturated heterocycles. The quantitative estimate of drug-likeness (QED) is 0.754. The van der Waals surface area contributed by atoms with Crippen LogP contribution in [0.15, 0.2) is 0 Å². The predicted molar refractivity (Wildman–Crippen MR) is 61.5 cm³/mol. The number of hydrogen-bond donors (Lipinski definition) is 1. The summed E-state index contributed by atoms with van der Waals surface area (Å²) in [4.78, 5) is 0. The molecule has 0 heterocycles. The highest BCUT2D eigenvalue weighted by Gasteiger charge is 2.54. The molecule has 0 aromatic carbocycles. The van der Waals surface area contributed by atoms with E-state index in [0.717, 1.165) is 37.0 Å². The van der Waals surface area contributed by atoms with E-state index in [4.69, 9.17) is 0 Å². The summed E-state index contributed by atoms with van der Waals surface area (Å²) in [6, 6.07) is 0. The monoisotopic (exact) mass is 208 g/mol. The van der Waals surface area contributed by atoms with Crippen molar-refractivity contribution >= 4 is 0 Å². The number of hydrogen-bond acceptors (Lipinski definition) is 1. The molecule has 0 radical (unpaired) electrons. The van der Waals surface area contributed by atoms with E-state index in [0.29, 0.717) is 5.41 Å². The Morgan fingerprint density at radius 2 is 1.93 bits per heavy atom. The van der Waals surface area contributed by atoms with Gasteiger partial charge >= 0.3 is 0 Å². The van der Waals surface area contributed by atoms with E-state index in [1.165, 1.54) is 25.7 Å². The van der Waals surface area contributed by atoms with Crippen LogP contribution in [0.2, 0.25) is 0 Å². The Bertz CT molecular complexity index is 263. The molecule has 0 spiro atoms. The van der Waals surface area contributed by atoms with Gasteiger partial charge in [-0.3, -0.25) is 0 Å². The Hall–Kier alpha value is -0.0400. The maximum absolute atomic E-state index is 9.89. The van der Waals surface area contributed by atoms with Gasteiger partial charge in [0.2, 0.25) is 0 Å². The number of fused-ring (bicyclic) bond motifs is 2. The molecule has 0 aliphatic heterocycles. The first-order valence-corrected chi connectivity index (χ1v) is 6.74. The zero-order valence-corrected chi connectivity index (χ0v) is 10.1. The first-order valence-electron chi connectivity index (χ1n) is 6.74. The van der Waals surface area contributed by atoms with E-state index in [-0.39, 0.29) is 5.60 Å². The van der Waals surface area contributed by atoms with Gasteiger partial charge in [0.15, 0.2) is 0 Å². The van der Waals surface area contributed by atoms with Crippen molar-refractivity contribution in [1.29, 1.82) is 0 Å². The van der Waals surface area contributed by atoms with Crippen LogP contribution in [0.5, 0.6) is 0 Å². The molecular formula is C14H24O. The summed E-state index contributed by atoms with van der Waals surface area (Å²) in [6.45, 7) is 4.92. The average Bonchev–Trinajstić information content (AvgIpc) is 2.94. The summed E-state index contributed by atoms with van der Waals surface area (Å²) >= 11 is 0. The smallest absolute Gasteiger partial charge is 0.0650 e. The summed E-state index contributed by atoms with van der Waals surface area (Å²) in [5, 5.41) is 9.89. The molecule has 1 heteroatoms. The third-order valence-corrected chi connectivity index (χ3v) is 5.81. The van der Waals surface area contributed by atoms with Gasteiger partial charge in [-0.1, -0.05) is 13.8 Å². The summed E-state index contributed by atoms with van der Waals surface area (Å²) in [6.07, 6.45) is 8.87. The summed E-state index contributed by atoms with van der Waals surface area (Å²) < 4.78 is 0. The van der Waals surface area contributed by atoms with E-state index in [2.05, 4.69) is 13.8 Å². The zero-order valence-electron chi connectivity index (χ0n) is 10.1. The third-order valence-electron chi connectivity index (χ3n) is 5.81. The molecule has 1 N–H and O–H groups in total. The van der Waals surface area contributed by atoms with Crippen LogP contribution in [-0.4, -0.2) is 10.7 Å². The predicted octanol–water partition coefficient (Wildman–Crippen LogP) is 3.36. The van der Waals surface area contributed by atoms with Crippen molar-refractivity contribution in [3.63, 3.8) is 0 Å². The van der Waals surface area contributed by atoms with Crippen LogP contribution in [-0.2, 0) is 0 Å². The minimum absolute atomic E-state index is 0.218. The standard InChI is InChI=1S/C14H24O/c1-13(2)11-4-3-10(12(13)9-11)5-6-14(15)7-8-14/h10-12,15H,3-9H2,1-2H3. The van der Waals surface area contributed by atoms with Gasteiger partial charge in [0.1, 0.15) is 0 Å². The Morgan fingerprint density at radius 1 is 1.20 bits per heavy atom. The third kappa shape index (κ3) is 1.54. The van der Waals surface area contributed by atoms with Crippen LogP contribution in [0.4, 0.5) is 0 Å². The van der Waals surface area contributed by atoms with Gasteiger partial charge in [-0.05, 0) is 68.1 Å². The van der Waals surface area contributed by atoms with Crippen LogP contribution < -0.4 is 0 Å². The van der Waals surface area contributed by atoms with Gasteiger partial charge in [-0.25, -0.2) is 0 Å². The van der Waals surface area contributed by atoms with Crippen LogP contribution in [0.25, 0.3) is 0 Å². The fraction of sp³-hybridized carbons (Fsp3) is 1.00. The Kier molecular flexibility index (Phi) is 2.03. The fourth-order valence-corrected chi connectivity index (χ4v) is 4.16. The van der Waals surface area contributed by atoms with Crippen molar-refractivity contribution in [3.05, 3.63) is 0 Å². The van der Waals surface area contributed by atoms with E-state index in [1.54, 1.807) is 0 Å². The number of rotatable bonds is 3. The van der Waals surface area contributed by atoms with Crippen LogP contribution in [0.3, 0.4) is 0 Å². The van der Waals surface area contributed by atoms with Crippen molar-refractivity contribution in [2.75, 3.05) is 0 Å². The van der Waals surface area contributed by atoms with Gasteiger partial charge in [0.25, 0.3) is 0 Å². The highest BCUT2D eigenvalue weighted by atomic mass is 16.3. The van der Waals surface area contributed by atoms with Crippen molar-refractivity contribution in [1.82, 2.24) is 0 Å². The van der Waals surface area contributed by atoms with Crippen molar-refractivity contribution in [2.45, 2.75) is 64.4 Å². The topological polar surface area (TPSA) is 20.2 Å². The largest absolute Gasteiger partial charge is 0.390 e. The van der Waals surface area contributed by atoms with Gasteiger partial charge in [-0.15, -0.1) is 0 Å². The molecule has 4 fully saturated rings. The molecule has 4 aliphatic rings. The molecule has 4 saturated carbocycles. The Balaban J connectivity index is 1.57. The maximum Gasteiger partial charge on any atom is 0.0650 e. The highest BCUT2D eigenvalue weighted by molar-refractivity contribution is 5.04. The van der Waals surface area contributed by atoms with Crippen LogP contribution in [0, 0.1) is 23.2 Å². The minimum Gasteiger partial charge on any atom is -0.390 e. The summed E-state index contributed by atoms with van der Waals surface area (Å²) in [5.41, 5.74) is 0.403. The fourth-order valence-electron chi connectivity index (χ4n) is 4.16. The Labute approximate surface area is 93.3 Å². The van der Waals surface area contributed by atoms with Crippen LogP contribution >= 0.6 is 0 Å². The maximum atomic E-state index is 9.89. The van der Waals surface area contributed by atoms with E-state index in [9.17, 15) is 5.11 Å². The lowest BCUT2D eigenvalue weighted by Gasteiger charge is -2.60. The molecule has 3 unspecified atom stereocenters. The van der Waals surface area contributed by atoms with Gasteiger partial charge < -0.3 is 5.11 Å². The first-order chi connectivity index (χ1) is 7.01. The number of aliphatic hydroxyl groups is 1. The second-order valence-corrected chi connectivity index (χ2v) is 6.96. The van der Waals surface area contributed by atoms with Gasteiger partial charge in [-0.2, -0.15) is 0 Å². The van der Waals surface area contributed by atoms with E-state index in [1.807, 2.05) is 0 Å². The molecule has 3 atom stereocenters. The molecule has 0 amide bonds. The van der Waals surface area contributed by atoms with Gasteiger partial charge in [0, 0.05) is 0 Å². The molecule has 0 aromatic rings. The molecule has 86 valence electrons. The molecular weight excluding hydrogens is 184 g/mol. The second kappa shape index (κ2) is 3.00. The lowest BCUT2D eigenvalue weighted by atomic mass is 9.45. The molecule has 15 heavy (non-hydrogen) atoms. The van der Waals surface area contributed by atoms with Crippen LogP contribution in [0.1, 0.15) is 58.8 Å². The van der Waals surface area contributed by atoms with Crippen molar-refractivity contribution < 1.29 is 5.11 Å². The average molecular weight is 208 g/mol. The van der Waals surface area contributed by atoms with Crippen molar-refractivity contribution in [3.8, 4) is 0 Å². The first kappa shape index (κ1) is 10.1. The normalized spacial score (nSPS) is 44.6. The SMILES string of the molecule is CC1(C)C2CCC(CCC3(O)CC3)C1C2. The minimum atomic E-state index is -0.218. The zero-order chi connectivity index (χ0) is 10.7. The molecule has 0 aromatic heterocycles. The van der Waals surface area contributed by atoms with E-state index < -0.39 is 0 Å². The summed E-state index contributed by atoms with van der Waals surface area (Å²) in [5.74, 6) is 2.91.